The zero-order valence-electron chi connectivity index (χ0n) is 13.1. The van der Waals surface area contributed by atoms with Gasteiger partial charge in [-0.2, -0.15) is 0 Å². The Morgan fingerprint density at radius 1 is 1.18 bits per heavy atom. The molecule has 2 fully saturated rings. The molecule has 0 amide bonds. The molecule has 2 unspecified atom stereocenters. The van der Waals surface area contributed by atoms with Crippen LogP contribution >= 0.6 is 0 Å². The average Bonchev–Trinajstić information content (AvgIpc) is 2.94. The van der Waals surface area contributed by atoms with Crippen molar-refractivity contribution in [1.29, 1.82) is 0 Å². The quantitative estimate of drug-likeness (QED) is 0.518. The van der Waals surface area contributed by atoms with Crippen molar-refractivity contribution in [2.45, 2.75) is 45.4 Å². The molecule has 22 heavy (non-hydrogen) atoms. The smallest absolute Gasteiger partial charge is 0.150 e. The summed E-state index contributed by atoms with van der Waals surface area (Å²) in [7, 11) is 0. The van der Waals surface area contributed by atoms with Crippen LogP contribution < -0.4 is 5.73 Å². The average molecular weight is 295 g/mol. The van der Waals surface area contributed by atoms with E-state index in [9.17, 15) is 9.59 Å². The van der Waals surface area contributed by atoms with Gasteiger partial charge in [0.15, 0.2) is 11.6 Å². The first-order valence-corrected chi connectivity index (χ1v) is 7.99. The number of benzene rings is 1. The van der Waals surface area contributed by atoms with Gasteiger partial charge in [-0.1, -0.05) is 12.8 Å². The number of anilines is 1. The van der Waals surface area contributed by atoms with E-state index in [1.807, 2.05) is 13.0 Å². The largest absolute Gasteiger partial charge is 0.398 e. The summed E-state index contributed by atoms with van der Waals surface area (Å²) in [6.45, 7) is 3.80. The highest BCUT2D eigenvalue weighted by atomic mass is 16.2. The van der Waals surface area contributed by atoms with Gasteiger partial charge >= 0.3 is 0 Å². The molecule has 3 nitrogen and oxygen atoms in total. The number of hydrogen-bond acceptors (Lipinski definition) is 3. The first-order chi connectivity index (χ1) is 10.6. The van der Waals surface area contributed by atoms with Gasteiger partial charge in [0.1, 0.15) is 5.92 Å². The van der Waals surface area contributed by atoms with Crippen LogP contribution in [0.25, 0.3) is 0 Å². The van der Waals surface area contributed by atoms with Gasteiger partial charge in [-0.25, -0.2) is 0 Å². The molecule has 3 rings (SSSR count). The van der Waals surface area contributed by atoms with E-state index >= 15 is 0 Å². The van der Waals surface area contributed by atoms with E-state index in [1.54, 1.807) is 13.0 Å². The summed E-state index contributed by atoms with van der Waals surface area (Å²) in [5, 5.41) is 0. The van der Waals surface area contributed by atoms with Gasteiger partial charge in [0, 0.05) is 23.1 Å². The summed E-state index contributed by atoms with van der Waals surface area (Å²) in [5.41, 5.74) is 9.33. The van der Waals surface area contributed by atoms with E-state index in [0.29, 0.717) is 5.69 Å². The lowest BCUT2D eigenvalue weighted by Gasteiger charge is -2.28. The fourth-order valence-electron chi connectivity index (χ4n) is 3.99. The van der Waals surface area contributed by atoms with Crippen molar-refractivity contribution in [1.82, 2.24) is 0 Å². The molecule has 0 saturated heterocycles. The van der Waals surface area contributed by atoms with Gasteiger partial charge in [0.25, 0.3) is 0 Å². The summed E-state index contributed by atoms with van der Waals surface area (Å²) in [6.07, 6.45) is 3.19. The van der Waals surface area contributed by atoms with Crippen LogP contribution in [0.15, 0.2) is 12.1 Å². The maximum absolute atomic E-state index is 12.7. The summed E-state index contributed by atoms with van der Waals surface area (Å²) in [5.74, 6) is 5.47. The van der Waals surface area contributed by atoms with E-state index in [1.165, 1.54) is 0 Å². The number of nitrogens with two attached hydrogens (primary N) is 1. The number of carbonyl (C=O) groups excluding carboxylic acids is 2. The first-order valence-electron chi connectivity index (χ1n) is 7.99. The fraction of sp³-hybridized carbons (Fsp3) is 0.474. The van der Waals surface area contributed by atoms with E-state index in [0.717, 1.165) is 42.4 Å². The zero-order chi connectivity index (χ0) is 15.9. The lowest BCUT2D eigenvalue weighted by molar-refractivity contribution is -0.135. The number of nitrogen functional groups attached to an aromatic ring is 1. The third kappa shape index (κ3) is 2.23. The van der Waals surface area contributed by atoms with Gasteiger partial charge in [-0.05, 0) is 55.9 Å². The van der Waals surface area contributed by atoms with E-state index < -0.39 is 5.92 Å². The minimum absolute atomic E-state index is 0.0481. The predicted octanol–water partition coefficient (Wildman–Crippen LogP) is 2.85. The van der Waals surface area contributed by atoms with Crippen molar-refractivity contribution in [3.05, 3.63) is 28.8 Å². The number of carbonyl (C=O) groups is 2. The van der Waals surface area contributed by atoms with Gasteiger partial charge in [-0.3, -0.25) is 9.59 Å². The van der Waals surface area contributed by atoms with Crippen molar-refractivity contribution in [3.63, 3.8) is 0 Å². The highest BCUT2D eigenvalue weighted by molar-refractivity contribution is 6.13. The van der Waals surface area contributed by atoms with E-state index in [-0.39, 0.29) is 23.4 Å². The summed E-state index contributed by atoms with van der Waals surface area (Å²) in [6, 6.07) is 3.77. The Labute approximate surface area is 131 Å². The normalized spacial score (nSPS) is 26.7. The first kappa shape index (κ1) is 14.8. The molecule has 0 spiro atoms. The third-order valence-electron chi connectivity index (χ3n) is 5.04. The molecule has 2 N–H and O–H groups in total. The lowest BCUT2D eigenvalue weighted by Crippen LogP contribution is -2.35. The van der Waals surface area contributed by atoms with E-state index in [4.69, 9.17) is 5.73 Å². The SMILES string of the molecule is CC#Cc1cc(N)c(C2C(=O)C3CCC(C3)C2=O)c(CC)c1. The Bertz CT molecular complexity index is 686. The maximum atomic E-state index is 12.7. The van der Waals surface area contributed by atoms with Gasteiger partial charge < -0.3 is 5.73 Å². The highest BCUT2D eigenvalue weighted by Crippen LogP contribution is 2.45. The van der Waals surface area contributed by atoms with Crippen molar-refractivity contribution in [2.75, 3.05) is 5.73 Å². The van der Waals surface area contributed by atoms with Crippen molar-refractivity contribution < 1.29 is 9.59 Å². The molecule has 2 aliphatic carbocycles. The predicted molar refractivity (Wildman–Crippen MR) is 86.4 cm³/mol. The molecule has 3 heteroatoms. The minimum Gasteiger partial charge on any atom is -0.398 e. The van der Waals surface area contributed by atoms with Crippen LogP contribution in [0.3, 0.4) is 0 Å². The second-order valence-corrected chi connectivity index (χ2v) is 6.31. The molecule has 0 aromatic heterocycles. The Morgan fingerprint density at radius 3 is 2.36 bits per heavy atom. The number of Topliss-reactive ketones (excluding diaryl/α,β-unsaturated/α-hetero) is 2. The van der Waals surface area contributed by atoms with E-state index in [2.05, 4.69) is 11.8 Å². The minimum atomic E-state index is -0.648. The molecule has 1 aromatic rings. The van der Waals surface area contributed by atoms with Crippen molar-refractivity contribution >= 4 is 17.3 Å². The second kappa shape index (κ2) is 5.61. The van der Waals surface area contributed by atoms with Crippen LogP contribution in [0, 0.1) is 23.7 Å². The molecular weight excluding hydrogens is 274 g/mol. The van der Waals surface area contributed by atoms with Crippen LogP contribution in [0.5, 0.6) is 0 Å². The molecule has 1 aromatic carbocycles. The summed E-state index contributed by atoms with van der Waals surface area (Å²) < 4.78 is 0. The lowest BCUT2D eigenvalue weighted by atomic mass is 9.73. The molecular formula is C19H21NO2. The molecule has 0 heterocycles. The van der Waals surface area contributed by atoms with Crippen molar-refractivity contribution in [2.24, 2.45) is 11.8 Å². The molecule has 2 bridgehead atoms. The Hall–Kier alpha value is -2.08. The van der Waals surface area contributed by atoms with Crippen LogP contribution in [0.4, 0.5) is 5.69 Å². The van der Waals surface area contributed by atoms with Crippen LogP contribution in [-0.4, -0.2) is 11.6 Å². The third-order valence-corrected chi connectivity index (χ3v) is 5.04. The van der Waals surface area contributed by atoms with Crippen LogP contribution in [-0.2, 0) is 16.0 Å². The number of rotatable bonds is 2. The monoisotopic (exact) mass is 295 g/mol. The molecule has 0 aliphatic heterocycles. The highest BCUT2D eigenvalue weighted by Gasteiger charge is 2.48. The number of fused-ring (bicyclic) bond motifs is 2. The molecule has 0 radical (unpaired) electrons. The Morgan fingerprint density at radius 2 is 1.82 bits per heavy atom. The van der Waals surface area contributed by atoms with Crippen LogP contribution in [0.1, 0.15) is 55.7 Å². The van der Waals surface area contributed by atoms with Crippen molar-refractivity contribution in [3.8, 4) is 11.8 Å². The molecule has 114 valence electrons. The van der Waals surface area contributed by atoms with Gasteiger partial charge in [-0.15, -0.1) is 5.92 Å². The number of aryl methyl sites for hydroxylation is 1. The Kier molecular flexibility index (Phi) is 3.78. The fourth-order valence-corrected chi connectivity index (χ4v) is 3.99. The van der Waals surface area contributed by atoms with Gasteiger partial charge in [0.05, 0.1) is 0 Å². The summed E-state index contributed by atoms with van der Waals surface area (Å²) >= 11 is 0. The number of ketones is 2. The zero-order valence-corrected chi connectivity index (χ0v) is 13.1. The molecule has 2 aliphatic rings. The summed E-state index contributed by atoms with van der Waals surface area (Å²) in [4.78, 5) is 25.4. The second-order valence-electron chi connectivity index (χ2n) is 6.31. The van der Waals surface area contributed by atoms with Crippen LogP contribution in [0.2, 0.25) is 0 Å². The topological polar surface area (TPSA) is 60.2 Å². The maximum Gasteiger partial charge on any atom is 0.150 e. The number of hydrogen-bond donors (Lipinski definition) is 1. The standard InChI is InChI=1S/C19H21NO2/c1-3-5-11-8-12(4-2)16(15(20)9-11)17-18(21)13-6-7-14(10-13)19(17)22/h8-9,13-14,17H,4,6-7,10,20H2,1-2H3. The molecule has 2 atom stereocenters. The Balaban J connectivity index is 2.12. The molecule has 2 saturated carbocycles. The van der Waals surface area contributed by atoms with Gasteiger partial charge in [0.2, 0.25) is 0 Å².